The van der Waals surface area contributed by atoms with Crippen LogP contribution in [0.3, 0.4) is 0 Å². The number of nitriles is 1. The Morgan fingerprint density at radius 3 is 2.52 bits per heavy atom. The monoisotopic (exact) mass is 292 g/mol. The van der Waals surface area contributed by atoms with E-state index in [1.807, 2.05) is 6.07 Å². The van der Waals surface area contributed by atoms with Crippen LogP contribution < -0.4 is 10.5 Å². The van der Waals surface area contributed by atoms with Crippen molar-refractivity contribution in [3.8, 4) is 11.8 Å². The molecule has 21 heavy (non-hydrogen) atoms. The molecule has 2 aromatic carbocycles. The molecule has 108 valence electrons. The molecule has 0 saturated heterocycles. The third-order valence-electron chi connectivity index (χ3n) is 2.83. The van der Waals surface area contributed by atoms with Crippen LogP contribution in [0.4, 0.5) is 18.9 Å². The number of nitrogens with zero attached hydrogens (tertiary/aromatic N) is 1. The molecule has 0 unspecified atom stereocenters. The van der Waals surface area contributed by atoms with Crippen molar-refractivity contribution in [2.24, 2.45) is 0 Å². The standard InChI is InChI=1S/C15H11F3N2O/c16-15(17,18)13-7-12(20)6-5-11(13)9-21-14-4-2-1-3-10(14)8-19/h1-7H,9,20H2. The van der Waals surface area contributed by atoms with Gasteiger partial charge in [0.1, 0.15) is 18.4 Å². The Hall–Kier alpha value is -2.68. The molecule has 0 atom stereocenters. The molecular formula is C15H11F3N2O. The van der Waals surface area contributed by atoms with Gasteiger partial charge in [0.25, 0.3) is 0 Å². The number of nitrogen functional groups attached to an aromatic ring is 1. The van der Waals surface area contributed by atoms with E-state index in [0.717, 1.165) is 6.07 Å². The first kappa shape index (κ1) is 14.7. The predicted molar refractivity (Wildman–Crippen MR) is 71.3 cm³/mol. The lowest BCUT2D eigenvalue weighted by atomic mass is 10.1. The molecule has 0 bridgehead atoms. The van der Waals surface area contributed by atoms with E-state index in [4.69, 9.17) is 15.7 Å². The highest BCUT2D eigenvalue weighted by Crippen LogP contribution is 2.34. The quantitative estimate of drug-likeness (QED) is 0.877. The van der Waals surface area contributed by atoms with Gasteiger partial charge in [-0.2, -0.15) is 18.4 Å². The molecule has 0 fully saturated rings. The zero-order valence-corrected chi connectivity index (χ0v) is 10.8. The van der Waals surface area contributed by atoms with Crippen LogP contribution in [-0.4, -0.2) is 0 Å². The summed E-state index contributed by atoms with van der Waals surface area (Å²) in [5.74, 6) is 0.241. The Kier molecular flexibility index (Phi) is 4.03. The van der Waals surface area contributed by atoms with E-state index in [-0.39, 0.29) is 29.2 Å². The molecule has 6 heteroatoms. The molecule has 0 aliphatic carbocycles. The second-order valence-electron chi connectivity index (χ2n) is 4.31. The highest BCUT2D eigenvalue weighted by Gasteiger charge is 2.33. The van der Waals surface area contributed by atoms with Crippen molar-refractivity contribution in [1.29, 1.82) is 5.26 Å². The second kappa shape index (κ2) is 5.75. The van der Waals surface area contributed by atoms with Crippen molar-refractivity contribution >= 4 is 5.69 Å². The van der Waals surface area contributed by atoms with Crippen molar-refractivity contribution in [2.75, 3.05) is 5.73 Å². The Labute approximate surface area is 119 Å². The van der Waals surface area contributed by atoms with E-state index in [9.17, 15) is 13.2 Å². The molecule has 2 aromatic rings. The lowest BCUT2D eigenvalue weighted by Gasteiger charge is -2.14. The number of anilines is 1. The maximum absolute atomic E-state index is 12.9. The largest absolute Gasteiger partial charge is 0.488 e. The Balaban J connectivity index is 2.27. The summed E-state index contributed by atoms with van der Waals surface area (Å²) >= 11 is 0. The van der Waals surface area contributed by atoms with Gasteiger partial charge in [-0.1, -0.05) is 18.2 Å². The van der Waals surface area contributed by atoms with Gasteiger partial charge in [0.2, 0.25) is 0 Å². The molecule has 0 radical (unpaired) electrons. The van der Waals surface area contributed by atoms with Crippen LogP contribution >= 0.6 is 0 Å². The minimum atomic E-state index is -4.51. The first-order valence-corrected chi connectivity index (χ1v) is 5.99. The molecular weight excluding hydrogens is 281 g/mol. The number of nitrogens with two attached hydrogens (primary N) is 1. The minimum Gasteiger partial charge on any atom is -0.488 e. The molecule has 3 nitrogen and oxygen atoms in total. The van der Waals surface area contributed by atoms with Gasteiger partial charge in [0.05, 0.1) is 11.1 Å². The predicted octanol–water partition coefficient (Wildman–Crippen LogP) is 3.74. The zero-order chi connectivity index (χ0) is 15.5. The highest BCUT2D eigenvalue weighted by molar-refractivity contribution is 5.46. The van der Waals surface area contributed by atoms with Crippen LogP contribution in [-0.2, 0) is 12.8 Å². The van der Waals surface area contributed by atoms with E-state index < -0.39 is 11.7 Å². The highest BCUT2D eigenvalue weighted by atomic mass is 19.4. The number of benzene rings is 2. The third-order valence-corrected chi connectivity index (χ3v) is 2.83. The number of ether oxygens (including phenoxy) is 1. The topological polar surface area (TPSA) is 59.0 Å². The fourth-order valence-corrected chi connectivity index (χ4v) is 1.82. The molecule has 0 aliphatic rings. The van der Waals surface area contributed by atoms with Crippen LogP contribution in [0, 0.1) is 11.3 Å². The number of hydrogen-bond donors (Lipinski definition) is 1. The number of alkyl halides is 3. The van der Waals surface area contributed by atoms with E-state index in [0.29, 0.717) is 0 Å². The maximum Gasteiger partial charge on any atom is 0.416 e. The smallest absolute Gasteiger partial charge is 0.416 e. The molecule has 2 N–H and O–H groups in total. The van der Waals surface area contributed by atoms with Gasteiger partial charge in [0, 0.05) is 11.3 Å². The van der Waals surface area contributed by atoms with Gasteiger partial charge in [-0.25, -0.2) is 0 Å². The Bertz CT molecular complexity index is 690. The summed E-state index contributed by atoms with van der Waals surface area (Å²) in [6.07, 6.45) is -4.51. The number of hydrogen-bond acceptors (Lipinski definition) is 3. The van der Waals surface area contributed by atoms with Crippen molar-refractivity contribution in [3.05, 3.63) is 59.2 Å². The summed E-state index contributed by atoms with van der Waals surface area (Å²) in [4.78, 5) is 0. The van der Waals surface area contributed by atoms with E-state index in [2.05, 4.69) is 0 Å². The van der Waals surface area contributed by atoms with Gasteiger partial charge in [-0.05, 0) is 24.3 Å². The first-order valence-electron chi connectivity index (χ1n) is 5.99. The van der Waals surface area contributed by atoms with Crippen molar-refractivity contribution in [3.63, 3.8) is 0 Å². The lowest BCUT2D eigenvalue weighted by molar-refractivity contribution is -0.138. The number of para-hydroxylation sites is 1. The average molecular weight is 292 g/mol. The normalized spacial score (nSPS) is 11.0. The first-order chi connectivity index (χ1) is 9.91. The summed E-state index contributed by atoms with van der Waals surface area (Å²) in [5.41, 5.74) is 4.82. The van der Waals surface area contributed by atoms with Crippen molar-refractivity contribution in [2.45, 2.75) is 12.8 Å². The zero-order valence-electron chi connectivity index (χ0n) is 10.8. The third kappa shape index (κ3) is 3.45. The fraction of sp³-hybridized carbons (Fsp3) is 0.133. The molecule has 0 aliphatic heterocycles. The SMILES string of the molecule is N#Cc1ccccc1OCc1ccc(N)cc1C(F)(F)F. The molecule has 0 aromatic heterocycles. The van der Waals surface area contributed by atoms with E-state index >= 15 is 0 Å². The van der Waals surface area contributed by atoms with Gasteiger partial charge < -0.3 is 10.5 Å². The number of halogens is 3. The van der Waals surface area contributed by atoms with Gasteiger partial charge in [0.15, 0.2) is 0 Å². The summed E-state index contributed by atoms with van der Waals surface area (Å²) < 4.78 is 44.1. The average Bonchev–Trinajstić information content (AvgIpc) is 2.45. The Morgan fingerprint density at radius 1 is 1.14 bits per heavy atom. The van der Waals surface area contributed by atoms with Gasteiger partial charge >= 0.3 is 6.18 Å². The van der Waals surface area contributed by atoms with Gasteiger partial charge in [-0.3, -0.25) is 0 Å². The van der Waals surface area contributed by atoms with Crippen LogP contribution in [0.2, 0.25) is 0 Å². The summed E-state index contributed by atoms with van der Waals surface area (Å²) in [7, 11) is 0. The summed E-state index contributed by atoms with van der Waals surface area (Å²) in [6, 6.07) is 11.8. The molecule has 0 heterocycles. The molecule has 0 amide bonds. The van der Waals surface area contributed by atoms with Crippen LogP contribution in [0.25, 0.3) is 0 Å². The molecule has 0 saturated carbocycles. The van der Waals surface area contributed by atoms with Gasteiger partial charge in [-0.15, -0.1) is 0 Å². The Morgan fingerprint density at radius 2 is 1.86 bits per heavy atom. The fourth-order valence-electron chi connectivity index (χ4n) is 1.82. The van der Waals surface area contributed by atoms with Crippen LogP contribution in [0.5, 0.6) is 5.75 Å². The van der Waals surface area contributed by atoms with Crippen LogP contribution in [0.1, 0.15) is 16.7 Å². The maximum atomic E-state index is 12.9. The molecule has 2 rings (SSSR count). The van der Waals surface area contributed by atoms with Crippen molar-refractivity contribution in [1.82, 2.24) is 0 Å². The van der Waals surface area contributed by atoms with E-state index in [1.54, 1.807) is 12.1 Å². The van der Waals surface area contributed by atoms with E-state index in [1.165, 1.54) is 24.3 Å². The summed E-state index contributed by atoms with van der Waals surface area (Å²) in [6.45, 7) is -0.298. The summed E-state index contributed by atoms with van der Waals surface area (Å²) in [5, 5.41) is 8.91. The number of rotatable bonds is 3. The minimum absolute atomic E-state index is 0.0310. The van der Waals surface area contributed by atoms with Crippen LogP contribution in [0.15, 0.2) is 42.5 Å². The lowest BCUT2D eigenvalue weighted by Crippen LogP contribution is -2.12. The second-order valence-corrected chi connectivity index (χ2v) is 4.31. The molecule has 0 spiro atoms. The van der Waals surface area contributed by atoms with Crippen molar-refractivity contribution < 1.29 is 17.9 Å².